The number of hydrogen-bond donors (Lipinski definition) is 1. The second-order valence-corrected chi connectivity index (χ2v) is 6.37. The molecule has 2 aromatic carbocycles. The summed E-state index contributed by atoms with van der Waals surface area (Å²) in [5.74, 6) is 0.470. The van der Waals surface area contributed by atoms with Gasteiger partial charge in [-0.05, 0) is 76.3 Å². The van der Waals surface area contributed by atoms with Crippen LogP contribution in [0.4, 0.5) is 5.69 Å². The number of aryl methyl sites for hydroxylation is 1. The van der Waals surface area contributed by atoms with Gasteiger partial charge in [-0.1, -0.05) is 17.7 Å². The van der Waals surface area contributed by atoms with Gasteiger partial charge in [-0.25, -0.2) is 0 Å². The molecule has 116 valence electrons. The first-order chi connectivity index (χ1) is 11.0. The van der Waals surface area contributed by atoms with Crippen LogP contribution >= 0.6 is 34.2 Å². The molecule has 3 aromatic rings. The molecule has 0 bridgehead atoms. The van der Waals surface area contributed by atoms with E-state index in [9.17, 15) is 4.79 Å². The molecule has 3 rings (SSSR count). The van der Waals surface area contributed by atoms with Gasteiger partial charge in [0.25, 0.3) is 5.91 Å². The van der Waals surface area contributed by atoms with Crippen LogP contribution in [0.1, 0.15) is 16.2 Å². The zero-order valence-corrected chi connectivity index (χ0v) is 14.9. The van der Waals surface area contributed by atoms with Crippen molar-refractivity contribution in [1.82, 2.24) is 20.2 Å². The number of tetrazole rings is 1. The Hall–Kier alpha value is -2.00. The van der Waals surface area contributed by atoms with Crippen LogP contribution in [0.3, 0.4) is 0 Å². The molecule has 6 nitrogen and oxygen atoms in total. The Labute approximate surface area is 151 Å². The molecule has 0 saturated heterocycles. The molecule has 0 aliphatic rings. The molecule has 23 heavy (non-hydrogen) atoms. The van der Waals surface area contributed by atoms with Crippen molar-refractivity contribution < 1.29 is 4.79 Å². The zero-order valence-electron chi connectivity index (χ0n) is 12.0. The zero-order chi connectivity index (χ0) is 16.4. The highest BCUT2D eigenvalue weighted by atomic mass is 127. The van der Waals surface area contributed by atoms with Gasteiger partial charge in [0.05, 0.1) is 11.3 Å². The lowest BCUT2D eigenvalue weighted by Gasteiger charge is -2.09. The highest BCUT2D eigenvalue weighted by Crippen LogP contribution is 2.20. The summed E-state index contributed by atoms with van der Waals surface area (Å²) in [6.07, 6.45) is 0. The van der Waals surface area contributed by atoms with Gasteiger partial charge in [-0.15, -0.1) is 5.10 Å². The molecule has 1 N–H and O–H groups in total. The van der Waals surface area contributed by atoms with Crippen LogP contribution in [-0.2, 0) is 0 Å². The van der Waals surface area contributed by atoms with E-state index in [4.69, 9.17) is 11.6 Å². The minimum absolute atomic E-state index is 0.198. The number of hydrogen-bond acceptors (Lipinski definition) is 4. The van der Waals surface area contributed by atoms with Gasteiger partial charge in [-0.3, -0.25) is 4.79 Å². The van der Waals surface area contributed by atoms with Crippen LogP contribution in [-0.4, -0.2) is 26.1 Å². The molecular formula is C15H11ClIN5O. The third-order valence-corrected chi connectivity index (χ3v) is 4.28. The predicted octanol–water partition coefficient (Wildman–Crippen LogP) is 3.48. The number of aromatic nitrogens is 4. The predicted molar refractivity (Wildman–Crippen MR) is 96.0 cm³/mol. The maximum absolute atomic E-state index is 12.4. The van der Waals surface area contributed by atoms with Crippen LogP contribution in [0.15, 0.2) is 42.5 Å². The van der Waals surface area contributed by atoms with Gasteiger partial charge in [-0.2, -0.15) is 4.68 Å². The number of nitrogens with one attached hydrogen (secondary N) is 1. The summed E-state index contributed by atoms with van der Waals surface area (Å²) in [4.78, 5) is 12.4. The molecule has 0 fully saturated rings. The summed E-state index contributed by atoms with van der Waals surface area (Å²) in [5.41, 5.74) is 2.00. The highest BCUT2D eigenvalue weighted by Gasteiger charge is 2.11. The van der Waals surface area contributed by atoms with Crippen molar-refractivity contribution in [1.29, 1.82) is 0 Å². The van der Waals surface area contributed by atoms with Crippen molar-refractivity contribution >= 4 is 45.8 Å². The Balaban J connectivity index is 1.86. The number of carbonyl (C=O) groups excluding carboxylic acids is 1. The quantitative estimate of drug-likeness (QED) is 0.634. The average Bonchev–Trinajstić information content (AvgIpc) is 2.93. The van der Waals surface area contributed by atoms with Gasteiger partial charge in [0, 0.05) is 14.3 Å². The third-order valence-electron chi connectivity index (χ3n) is 3.15. The molecule has 1 aromatic heterocycles. The number of benzene rings is 2. The van der Waals surface area contributed by atoms with Crippen LogP contribution in [0.5, 0.6) is 0 Å². The van der Waals surface area contributed by atoms with Crippen LogP contribution in [0.2, 0.25) is 5.02 Å². The van der Waals surface area contributed by atoms with Gasteiger partial charge in [0.15, 0.2) is 5.82 Å². The van der Waals surface area contributed by atoms with Gasteiger partial charge < -0.3 is 5.32 Å². The van der Waals surface area contributed by atoms with Crippen LogP contribution in [0, 0.1) is 10.5 Å². The van der Waals surface area contributed by atoms with Crippen molar-refractivity contribution in [2.45, 2.75) is 6.92 Å². The molecule has 1 amide bonds. The van der Waals surface area contributed by atoms with Crippen molar-refractivity contribution in [2.24, 2.45) is 0 Å². The van der Waals surface area contributed by atoms with Crippen LogP contribution in [0.25, 0.3) is 5.69 Å². The Bertz CT molecular complexity index is 880. The number of rotatable bonds is 3. The third kappa shape index (κ3) is 3.50. The maximum Gasteiger partial charge on any atom is 0.256 e. The monoisotopic (exact) mass is 439 g/mol. The number of carbonyl (C=O) groups is 1. The fourth-order valence-corrected chi connectivity index (χ4v) is 3.17. The van der Waals surface area contributed by atoms with E-state index < -0.39 is 0 Å². The average molecular weight is 440 g/mol. The van der Waals surface area contributed by atoms with E-state index in [1.54, 1.807) is 29.8 Å². The summed E-state index contributed by atoms with van der Waals surface area (Å²) >= 11 is 8.00. The minimum atomic E-state index is -0.198. The molecule has 0 aliphatic carbocycles. The molecule has 0 unspecified atom stereocenters. The Morgan fingerprint density at radius 2 is 2.09 bits per heavy atom. The van der Waals surface area contributed by atoms with Crippen molar-refractivity contribution in [3.8, 4) is 5.69 Å². The molecule has 0 saturated carbocycles. The molecule has 0 atom stereocenters. The number of halogens is 2. The smallest absolute Gasteiger partial charge is 0.256 e. The molecular weight excluding hydrogens is 429 g/mol. The summed E-state index contributed by atoms with van der Waals surface area (Å²) in [6.45, 7) is 1.81. The van der Waals surface area contributed by atoms with E-state index in [1.807, 2.05) is 24.3 Å². The standard InChI is InChI=1S/C15H11ClIN5O/c1-9-19-20-21-22(9)12-4-2-3-11(8-12)18-15(23)13-6-5-10(16)7-14(13)17/h2-8H,1H3,(H,18,23). The second kappa shape index (κ2) is 6.63. The normalized spacial score (nSPS) is 10.6. The first-order valence-corrected chi connectivity index (χ1v) is 8.12. The number of nitrogens with zero attached hydrogens (tertiary/aromatic N) is 4. The topological polar surface area (TPSA) is 72.7 Å². The molecule has 0 spiro atoms. The SMILES string of the molecule is Cc1nnnn1-c1cccc(NC(=O)c2ccc(Cl)cc2I)c1. The van der Waals surface area contributed by atoms with E-state index in [2.05, 4.69) is 43.4 Å². The summed E-state index contributed by atoms with van der Waals surface area (Å²) in [6, 6.07) is 12.5. The van der Waals surface area contributed by atoms with Gasteiger partial charge in [0.2, 0.25) is 0 Å². The first-order valence-electron chi connectivity index (χ1n) is 6.66. The molecule has 0 radical (unpaired) electrons. The molecule has 1 heterocycles. The lowest BCUT2D eigenvalue weighted by Crippen LogP contribution is -2.13. The van der Waals surface area contributed by atoms with Crippen molar-refractivity contribution in [2.75, 3.05) is 5.32 Å². The van der Waals surface area contributed by atoms with Crippen molar-refractivity contribution in [3.05, 3.63) is 62.4 Å². The largest absolute Gasteiger partial charge is 0.322 e. The number of amides is 1. The van der Waals surface area contributed by atoms with Crippen molar-refractivity contribution in [3.63, 3.8) is 0 Å². The van der Waals surface area contributed by atoms with E-state index in [0.717, 1.165) is 9.26 Å². The van der Waals surface area contributed by atoms with E-state index in [1.165, 1.54) is 0 Å². The summed E-state index contributed by atoms with van der Waals surface area (Å²) in [5, 5.41) is 14.9. The fraction of sp³-hybridized carbons (Fsp3) is 0.0667. The second-order valence-electron chi connectivity index (χ2n) is 4.77. The van der Waals surface area contributed by atoms with Gasteiger partial charge in [0.1, 0.15) is 0 Å². The van der Waals surface area contributed by atoms with E-state index >= 15 is 0 Å². The Morgan fingerprint density at radius 1 is 1.26 bits per heavy atom. The summed E-state index contributed by atoms with van der Waals surface area (Å²) in [7, 11) is 0. The molecule has 8 heteroatoms. The maximum atomic E-state index is 12.4. The van der Waals surface area contributed by atoms with E-state index in [0.29, 0.717) is 22.1 Å². The Morgan fingerprint density at radius 3 is 2.78 bits per heavy atom. The first kappa shape index (κ1) is 15.9. The van der Waals surface area contributed by atoms with Gasteiger partial charge >= 0.3 is 0 Å². The highest BCUT2D eigenvalue weighted by molar-refractivity contribution is 14.1. The lowest BCUT2D eigenvalue weighted by atomic mass is 10.2. The van der Waals surface area contributed by atoms with Crippen LogP contribution < -0.4 is 5.32 Å². The summed E-state index contributed by atoms with van der Waals surface area (Å²) < 4.78 is 2.39. The Kier molecular flexibility index (Phi) is 4.58. The minimum Gasteiger partial charge on any atom is -0.322 e. The number of anilines is 1. The van der Waals surface area contributed by atoms with E-state index in [-0.39, 0.29) is 5.91 Å². The molecule has 0 aliphatic heterocycles. The lowest BCUT2D eigenvalue weighted by molar-refractivity contribution is 0.102. The fourth-order valence-electron chi connectivity index (χ4n) is 2.06.